The second-order valence-electron chi connectivity index (χ2n) is 11.0. The van der Waals surface area contributed by atoms with Crippen LogP contribution in [0.5, 0.6) is 0 Å². The summed E-state index contributed by atoms with van der Waals surface area (Å²) in [7, 11) is 0. The molecule has 1 unspecified atom stereocenters. The second kappa shape index (κ2) is 6.43. The Morgan fingerprint density at radius 1 is 1.03 bits per heavy atom. The van der Waals surface area contributed by atoms with Crippen LogP contribution in [0.3, 0.4) is 0 Å². The molecule has 5 aliphatic rings. The summed E-state index contributed by atoms with van der Waals surface area (Å²) in [6, 6.07) is 0. The van der Waals surface area contributed by atoms with Gasteiger partial charge in [0.1, 0.15) is 22.7 Å². The molecule has 0 aromatic heterocycles. The van der Waals surface area contributed by atoms with Crippen molar-refractivity contribution in [2.75, 3.05) is 0 Å². The van der Waals surface area contributed by atoms with Crippen LogP contribution in [-0.4, -0.2) is 58.5 Å². The summed E-state index contributed by atoms with van der Waals surface area (Å²) in [6.07, 6.45) is 1.27. The van der Waals surface area contributed by atoms with E-state index in [-0.39, 0.29) is 17.6 Å². The van der Waals surface area contributed by atoms with E-state index in [2.05, 4.69) is 13.2 Å². The molecule has 35 heavy (non-hydrogen) atoms. The predicted molar refractivity (Wildman–Crippen MR) is 120 cm³/mol. The van der Waals surface area contributed by atoms with Gasteiger partial charge in [-0.2, -0.15) is 0 Å². The lowest BCUT2D eigenvalue weighted by Gasteiger charge is -2.63. The van der Waals surface area contributed by atoms with E-state index in [0.717, 1.165) is 0 Å². The highest BCUT2D eigenvalue weighted by Gasteiger charge is 2.98. The summed E-state index contributed by atoms with van der Waals surface area (Å²) < 4.78 is 30.2. The molecule has 9 heteroatoms. The van der Waals surface area contributed by atoms with E-state index < -0.39 is 69.3 Å². The summed E-state index contributed by atoms with van der Waals surface area (Å²) in [4.78, 5) is 52.8. The Hall–Kier alpha value is -2.94. The topological polar surface area (TPSA) is 114 Å². The van der Waals surface area contributed by atoms with Crippen LogP contribution in [0.1, 0.15) is 54.4 Å². The molecule has 0 amide bonds. The standard InChI is InChI=1S/C26H30O9/c1-13-21(5,6)33-17(28)11-9-10-12-22(7)24-14(2)23(8)18(32-16(4)27)25(13,22)35-26(24,20(30)34-23)15(3)31-19(24)29/h9,11,15,18H,1-2,10,12H2,3-8H3/b11-9-/t15-,18-,22-,23+,24+,25?,26-/m0/s1. The van der Waals surface area contributed by atoms with Crippen LogP contribution >= 0.6 is 0 Å². The van der Waals surface area contributed by atoms with E-state index in [0.29, 0.717) is 6.42 Å². The molecule has 5 rings (SSSR count). The van der Waals surface area contributed by atoms with Gasteiger partial charge in [0.2, 0.25) is 5.60 Å². The molecule has 1 aliphatic carbocycles. The monoisotopic (exact) mass is 486 g/mol. The Kier molecular flexibility index (Phi) is 4.37. The first-order valence-electron chi connectivity index (χ1n) is 11.7. The van der Waals surface area contributed by atoms with Crippen molar-refractivity contribution in [3.8, 4) is 0 Å². The third-order valence-corrected chi connectivity index (χ3v) is 9.10. The lowest BCUT2D eigenvalue weighted by atomic mass is 9.39. The van der Waals surface area contributed by atoms with Crippen molar-refractivity contribution in [1.29, 1.82) is 0 Å². The molecule has 1 spiro atoms. The zero-order valence-electron chi connectivity index (χ0n) is 20.8. The fraction of sp³-hybridized carbons (Fsp3) is 0.615. The van der Waals surface area contributed by atoms with Gasteiger partial charge in [-0.15, -0.1) is 0 Å². The first-order chi connectivity index (χ1) is 16.1. The Morgan fingerprint density at radius 3 is 2.31 bits per heavy atom. The largest absolute Gasteiger partial charge is 0.458 e. The van der Waals surface area contributed by atoms with E-state index >= 15 is 0 Å². The number of esters is 4. The SMILES string of the molecule is C=C1C(C)(C)OC(=O)/C=C\CC[C@]2(C)C13O[C@@]14C(=O)O[C@](C)(C(=C)[C@]12C(=O)O[C@H]4C)[C@@H]3OC(C)=O. The molecule has 0 radical (unpaired) electrons. The first kappa shape index (κ1) is 23.8. The van der Waals surface area contributed by atoms with Crippen molar-refractivity contribution in [2.45, 2.75) is 89.0 Å². The summed E-state index contributed by atoms with van der Waals surface area (Å²) in [6.45, 7) is 18.1. The van der Waals surface area contributed by atoms with E-state index in [1.807, 2.05) is 6.92 Å². The average Bonchev–Trinajstić information content (AvgIpc) is 3.04. The number of carbonyl (C=O) groups excluding carboxylic acids is 4. The van der Waals surface area contributed by atoms with Crippen LogP contribution in [0.25, 0.3) is 0 Å². The van der Waals surface area contributed by atoms with Crippen LogP contribution in [0.15, 0.2) is 36.5 Å². The number of rotatable bonds is 1. The van der Waals surface area contributed by atoms with E-state index in [9.17, 15) is 19.2 Å². The number of fused-ring (bicyclic) bond motifs is 1. The van der Waals surface area contributed by atoms with Crippen LogP contribution < -0.4 is 0 Å². The summed E-state index contributed by atoms with van der Waals surface area (Å²) >= 11 is 0. The minimum Gasteiger partial charge on any atom is -0.458 e. The molecule has 0 aromatic rings. The van der Waals surface area contributed by atoms with Crippen molar-refractivity contribution in [3.05, 3.63) is 36.5 Å². The third-order valence-electron chi connectivity index (χ3n) is 9.10. The Morgan fingerprint density at radius 2 is 1.69 bits per heavy atom. The number of ether oxygens (including phenoxy) is 5. The van der Waals surface area contributed by atoms with Crippen LogP contribution in [-0.2, 0) is 42.9 Å². The Labute approximate surface area is 203 Å². The molecule has 4 heterocycles. The fourth-order valence-corrected chi connectivity index (χ4v) is 7.55. The van der Waals surface area contributed by atoms with Crippen LogP contribution in [0, 0.1) is 10.8 Å². The maximum atomic E-state index is 13.9. The molecule has 0 aromatic carbocycles. The Bertz CT molecular complexity index is 1170. The number of allylic oxidation sites excluding steroid dienone is 1. The van der Waals surface area contributed by atoms with Crippen molar-refractivity contribution >= 4 is 23.9 Å². The van der Waals surface area contributed by atoms with Gasteiger partial charge in [0.25, 0.3) is 0 Å². The van der Waals surface area contributed by atoms with Gasteiger partial charge in [0, 0.05) is 24.0 Å². The number of cyclic esters (lactones) is 2. The van der Waals surface area contributed by atoms with Crippen LogP contribution in [0.2, 0.25) is 0 Å². The minimum atomic E-state index is -1.90. The molecular formula is C26H30O9. The Balaban J connectivity index is 1.95. The zero-order chi connectivity index (χ0) is 26.0. The lowest BCUT2D eigenvalue weighted by Crippen LogP contribution is -2.78. The predicted octanol–water partition coefficient (Wildman–Crippen LogP) is 2.48. The van der Waals surface area contributed by atoms with Crippen molar-refractivity contribution < 1.29 is 42.9 Å². The molecule has 7 atom stereocenters. The summed E-state index contributed by atoms with van der Waals surface area (Å²) in [5, 5.41) is 0. The summed E-state index contributed by atoms with van der Waals surface area (Å²) in [5.41, 5.74) is -8.98. The van der Waals surface area contributed by atoms with Gasteiger partial charge >= 0.3 is 23.9 Å². The second-order valence-corrected chi connectivity index (χ2v) is 11.0. The third kappa shape index (κ3) is 2.17. The van der Waals surface area contributed by atoms with Gasteiger partial charge < -0.3 is 23.7 Å². The number of hydrogen-bond acceptors (Lipinski definition) is 9. The fourth-order valence-electron chi connectivity index (χ4n) is 7.55. The van der Waals surface area contributed by atoms with Gasteiger partial charge in [0.15, 0.2) is 11.7 Å². The molecule has 3 bridgehead atoms. The van der Waals surface area contributed by atoms with Gasteiger partial charge in [0.05, 0.1) is 0 Å². The molecule has 4 fully saturated rings. The smallest absolute Gasteiger partial charge is 0.345 e. The van der Waals surface area contributed by atoms with Gasteiger partial charge in [-0.05, 0) is 46.1 Å². The maximum absolute atomic E-state index is 13.9. The van der Waals surface area contributed by atoms with E-state index in [1.165, 1.54) is 13.0 Å². The van der Waals surface area contributed by atoms with E-state index in [4.69, 9.17) is 23.7 Å². The molecular weight excluding hydrogens is 456 g/mol. The molecule has 0 N–H and O–H groups in total. The highest BCUT2D eigenvalue weighted by molar-refractivity contribution is 6.02. The maximum Gasteiger partial charge on any atom is 0.345 e. The van der Waals surface area contributed by atoms with Crippen LogP contribution in [0.4, 0.5) is 0 Å². The van der Waals surface area contributed by atoms with Gasteiger partial charge in [-0.25, -0.2) is 9.59 Å². The number of carbonyl (C=O) groups is 4. The molecule has 3 saturated heterocycles. The first-order valence-corrected chi connectivity index (χ1v) is 11.7. The number of hydrogen-bond donors (Lipinski definition) is 0. The molecule has 4 aliphatic heterocycles. The highest BCUT2D eigenvalue weighted by atomic mass is 16.7. The summed E-state index contributed by atoms with van der Waals surface area (Å²) in [5.74, 6) is -2.67. The molecule has 188 valence electrons. The highest BCUT2D eigenvalue weighted by Crippen LogP contribution is 2.81. The van der Waals surface area contributed by atoms with Gasteiger partial charge in [-0.1, -0.05) is 26.2 Å². The van der Waals surface area contributed by atoms with E-state index in [1.54, 1.807) is 33.8 Å². The van der Waals surface area contributed by atoms with Crippen molar-refractivity contribution in [3.63, 3.8) is 0 Å². The molecule has 9 nitrogen and oxygen atoms in total. The quantitative estimate of drug-likeness (QED) is 0.313. The van der Waals surface area contributed by atoms with Gasteiger partial charge in [-0.3, -0.25) is 9.59 Å². The molecule has 1 saturated carbocycles. The average molecular weight is 487 g/mol. The van der Waals surface area contributed by atoms with Crippen molar-refractivity contribution in [2.24, 2.45) is 10.8 Å². The van der Waals surface area contributed by atoms with Crippen molar-refractivity contribution in [1.82, 2.24) is 0 Å². The minimum absolute atomic E-state index is 0.243. The lowest BCUT2D eigenvalue weighted by molar-refractivity contribution is -0.229. The normalized spacial score (nSPS) is 48.3. The zero-order valence-corrected chi connectivity index (χ0v) is 20.8.